The summed E-state index contributed by atoms with van der Waals surface area (Å²) in [5.41, 5.74) is 3.04. The number of benzene rings is 2. The molecule has 3 aromatic rings. The van der Waals surface area contributed by atoms with E-state index < -0.39 is 0 Å². The predicted molar refractivity (Wildman–Crippen MR) is 118 cm³/mol. The van der Waals surface area contributed by atoms with Crippen LogP contribution in [-0.2, 0) is 4.79 Å². The van der Waals surface area contributed by atoms with Crippen LogP contribution in [0.1, 0.15) is 4.88 Å². The predicted octanol–water partition coefficient (Wildman–Crippen LogP) is 5.66. The average Bonchev–Trinajstić information content (AvgIpc) is 3.30. The van der Waals surface area contributed by atoms with Gasteiger partial charge >= 0.3 is 0 Å². The SMILES string of the molecule is COc1cccc(-c2csc(C=C3SC(=Nc4ccccc4)N(C)C3=O)c2)c1. The van der Waals surface area contributed by atoms with Gasteiger partial charge in [-0.25, -0.2) is 4.99 Å². The average molecular weight is 407 g/mol. The maximum atomic E-state index is 12.6. The molecule has 1 aromatic heterocycles. The van der Waals surface area contributed by atoms with E-state index >= 15 is 0 Å². The number of amidine groups is 1. The summed E-state index contributed by atoms with van der Waals surface area (Å²) in [6.07, 6.45) is 1.94. The molecule has 1 aliphatic rings. The van der Waals surface area contributed by atoms with Crippen molar-refractivity contribution >= 4 is 45.9 Å². The van der Waals surface area contributed by atoms with Gasteiger partial charge in [-0.15, -0.1) is 11.3 Å². The Morgan fingerprint density at radius 1 is 1.04 bits per heavy atom. The number of likely N-dealkylation sites (N-methyl/N-ethyl adjacent to an activating group) is 1. The largest absolute Gasteiger partial charge is 0.497 e. The standard InChI is InChI=1S/C22H18N2O2S2/c1-24-21(25)20(28-22(24)23-17-8-4-3-5-9-17)13-19-12-16(14-27-19)15-7-6-10-18(11-15)26-2/h3-14H,1-2H3. The monoisotopic (exact) mass is 406 g/mol. The quantitative estimate of drug-likeness (QED) is 0.525. The number of nitrogens with zero attached hydrogens (tertiary/aromatic N) is 2. The maximum absolute atomic E-state index is 12.6. The van der Waals surface area contributed by atoms with Gasteiger partial charge in [0.1, 0.15) is 5.75 Å². The molecule has 0 saturated carbocycles. The molecule has 28 heavy (non-hydrogen) atoms. The Morgan fingerprint density at radius 2 is 1.86 bits per heavy atom. The van der Waals surface area contributed by atoms with E-state index in [1.54, 1.807) is 30.4 Å². The van der Waals surface area contributed by atoms with Crippen molar-refractivity contribution in [2.45, 2.75) is 0 Å². The van der Waals surface area contributed by atoms with Gasteiger partial charge in [0.25, 0.3) is 5.91 Å². The topological polar surface area (TPSA) is 41.9 Å². The first-order chi connectivity index (χ1) is 13.6. The first kappa shape index (κ1) is 18.5. The number of hydrogen-bond acceptors (Lipinski definition) is 5. The second-order valence-corrected chi connectivity index (χ2v) is 8.13. The first-order valence-corrected chi connectivity index (χ1v) is 10.4. The fraction of sp³-hybridized carbons (Fsp3) is 0.0909. The highest BCUT2D eigenvalue weighted by atomic mass is 32.2. The molecule has 0 unspecified atom stereocenters. The second kappa shape index (κ2) is 8.04. The zero-order chi connectivity index (χ0) is 19.5. The first-order valence-electron chi connectivity index (χ1n) is 8.68. The van der Waals surface area contributed by atoms with Crippen LogP contribution in [0.5, 0.6) is 5.75 Å². The van der Waals surface area contributed by atoms with Gasteiger partial charge in [-0.05, 0) is 64.7 Å². The summed E-state index contributed by atoms with van der Waals surface area (Å²) >= 11 is 3.01. The molecule has 1 fully saturated rings. The van der Waals surface area contributed by atoms with Gasteiger partial charge in [-0.1, -0.05) is 30.3 Å². The lowest BCUT2D eigenvalue weighted by Gasteiger charge is -2.06. The molecule has 1 saturated heterocycles. The lowest BCUT2D eigenvalue weighted by atomic mass is 10.1. The molecule has 0 atom stereocenters. The number of ether oxygens (including phenoxy) is 1. The van der Waals surface area contributed by atoms with Crippen molar-refractivity contribution in [3.63, 3.8) is 0 Å². The van der Waals surface area contributed by atoms with Crippen molar-refractivity contribution in [1.82, 2.24) is 4.90 Å². The van der Waals surface area contributed by atoms with E-state index in [1.807, 2.05) is 54.6 Å². The maximum Gasteiger partial charge on any atom is 0.266 e. The lowest BCUT2D eigenvalue weighted by molar-refractivity contribution is -0.121. The number of carbonyl (C=O) groups is 1. The molecule has 140 valence electrons. The Morgan fingerprint density at radius 3 is 2.64 bits per heavy atom. The number of hydrogen-bond donors (Lipinski definition) is 0. The number of thioether (sulfide) groups is 1. The van der Waals surface area contributed by atoms with Crippen molar-refractivity contribution < 1.29 is 9.53 Å². The van der Waals surface area contributed by atoms with Crippen LogP contribution >= 0.6 is 23.1 Å². The van der Waals surface area contributed by atoms with Crippen molar-refractivity contribution in [3.8, 4) is 16.9 Å². The summed E-state index contributed by atoms with van der Waals surface area (Å²) in [5.74, 6) is 0.796. The van der Waals surface area contributed by atoms with Crippen molar-refractivity contribution in [2.75, 3.05) is 14.2 Å². The van der Waals surface area contributed by atoms with Gasteiger partial charge in [0.2, 0.25) is 0 Å². The number of rotatable bonds is 4. The number of carbonyl (C=O) groups excluding carboxylic acids is 1. The van der Waals surface area contributed by atoms with E-state index in [0.29, 0.717) is 10.1 Å². The molecule has 4 rings (SSSR count). The van der Waals surface area contributed by atoms with E-state index in [0.717, 1.165) is 27.4 Å². The third-order valence-electron chi connectivity index (χ3n) is 4.28. The third-order valence-corrected chi connectivity index (χ3v) is 6.22. The van der Waals surface area contributed by atoms with Gasteiger partial charge < -0.3 is 4.74 Å². The molecule has 4 nitrogen and oxygen atoms in total. The molecule has 1 aliphatic heterocycles. The van der Waals surface area contributed by atoms with Crippen LogP contribution in [-0.4, -0.2) is 30.1 Å². The van der Waals surface area contributed by atoms with E-state index in [-0.39, 0.29) is 5.91 Å². The van der Waals surface area contributed by atoms with Gasteiger partial charge in [-0.2, -0.15) is 0 Å². The van der Waals surface area contributed by atoms with Crippen molar-refractivity contribution in [2.24, 2.45) is 4.99 Å². The number of aliphatic imine (C=N–C) groups is 1. The van der Waals surface area contributed by atoms with E-state index in [1.165, 1.54) is 11.8 Å². The molecule has 0 spiro atoms. The Balaban J connectivity index is 1.58. The fourth-order valence-electron chi connectivity index (χ4n) is 2.78. The summed E-state index contributed by atoms with van der Waals surface area (Å²) < 4.78 is 5.30. The molecular formula is C22H18N2O2S2. The molecule has 0 aliphatic carbocycles. The van der Waals surface area contributed by atoms with Crippen LogP contribution in [0.4, 0.5) is 5.69 Å². The number of para-hydroxylation sites is 1. The molecule has 0 radical (unpaired) electrons. The molecular weight excluding hydrogens is 388 g/mol. The minimum absolute atomic E-state index is 0.0315. The van der Waals surface area contributed by atoms with E-state index in [9.17, 15) is 4.79 Å². The molecule has 1 amide bonds. The van der Waals surface area contributed by atoms with Crippen LogP contribution in [0.2, 0.25) is 0 Å². The highest BCUT2D eigenvalue weighted by molar-refractivity contribution is 8.18. The minimum Gasteiger partial charge on any atom is -0.497 e. The molecule has 2 aromatic carbocycles. The van der Waals surface area contributed by atoms with Gasteiger partial charge in [0, 0.05) is 11.9 Å². The summed E-state index contributed by atoms with van der Waals surface area (Å²) in [5, 5.41) is 2.78. The Hall–Kier alpha value is -2.83. The smallest absolute Gasteiger partial charge is 0.266 e. The Bertz CT molecular complexity index is 1070. The third kappa shape index (κ3) is 3.88. The van der Waals surface area contributed by atoms with Crippen molar-refractivity contribution in [1.29, 1.82) is 0 Å². The van der Waals surface area contributed by atoms with Gasteiger partial charge in [-0.3, -0.25) is 9.69 Å². The summed E-state index contributed by atoms with van der Waals surface area (Å²) in [4.78, 5) is 20.5. The van der Waals surface area contributed by atoms with Crippen LogP contribution in [0.25, 0.3) is 17.2 Å². The van der Waals surface area contributed by atoms with Gasteiger partial charge in [0.05, 0.1) is 17.7 Å². The number of methoxy groups -OCH3 is 1. The molecule has 6 heteroatoms. The molecule has 0 bridgehead atoms. The molecule has 2 heterocycles. The Kier molecular flexibility index (Phi) is 5.32. The summed E-state index contributed by atoms with van der Waals surface area (Å²) in [6.45, 7) is 0. The second-order valence-electron chi connectivity index (χ2n) is 6.17. The van der Waals surface area contributed by atoms with Crippen LogP contribution in [0.15, 0.2) is 75.9 Å². The minimum atomic E-state index is -0.0315. The van der Waals surface area contributed by atoms with Crippen LogP contribution in [0, 0.1) is 0 Å². The summed E-state index contributed by atoms with van der Waals surface area (Å²) in [7, 11) is 3.42. The fourth-order valence-corrected chi connectivity index (χ4v) is 4.68. The van der Waals surface area contributed by atoms with E-state index in [4.69, 9.17) is 4.74 Å². The van der Waals surface area contributed by atoms with Crippen LogP contribution < -0.4 is 4.74 Å². The lowest BCUT2D eigenvalue weighted by Crippen LogP contribution is -2.23. The Labute approximate surface area is 172 Å². The van der Waals surface area contributed by atoms with Gasteiger partial charge in [0.15, 0.2) is 5.17 Å². The number of amides is 1. The zero-order valence-corrected chi connectivity index (χ0v) is 17.1. The molecule has 0 N–H and O–H groups in total. The normalized spacial score (nSPS) is 16.9. The van der Waals surface area contributed by atoms with E-state index in [2.05, 4.69) is 22.5 Å². The van der Waals surface area contributed by atoms with Crippen LogP contribution in [0.3, 0.4) is 0 Å². The zero-order valence-electron chi connectivity index (χ0n) is 15.5. The highest BCUT2D eigenvalue weighted by Gasteiger charge is 2.30. The number of thiophene rings is 1. The summed E-state index contributed by atoms with van der Waals surface area (Å²) in [6, 6.07) is 19.7. The van der Waals surface area contributed by atoms with Crippen molar-refractivity contribution in [3.05, 3.63) is 75.8 Å². The highest BCUT2D eigenvalue weighted by Crippen LogP contribution is 2.35.